The lowest BCUT2D eigenvalue weighted by atomic mass is 10.1. The van der Waals surface area contributed by atoms with Crippen LogP contribution < -0.4 is 15.4 Å². The fraction of sp³-hybridized carbons (Fsp3) is 0.708. The van der Waals surface area contributed by atoms with Crippen LogP contribution in [0.2, 0.25) is 0 Å². The first-order valence-electron chi connectivity index (χ1n) is 11.9. The first kappa shape index (κ1) is 23.8. The number of rotatable bonds is 11. The van der Waals surface area contributed by atoms with E-state index in [1.54, 1.807) is 0 Å². The van der Waals surface area contributed by atoms with E-state index in [1.165, 1.54) is 12.0 Å². The van der Waals surface area contributed by atoms with Crippen LogP contribution >= 0.6 is 0 Å². The highest BCUT2D eigenvalue weighted by molar-refractivity contribution is 5.79. The van der Waals surface area contributed by atoms with Gasteiger partial charge in [-0.15, -0.1) is 0 Å². The molecule has 1 unspecified atom stereocenters. The van der Waals surface area contributed by atoms with E-state index in [9.17, 15) is 0 Å². The van der Waals surface area contributed by atoms with Gasteiger partial charge in [-0.3, -0.25) is 4.90 Å². The Balaban J connectivity index is 1.45. The van der Waals surface area contributed by atoms with Crippen LogP contribution in [0, 0.1) is 6.92 Å². The van der Waals surface area contributed by atoms with E-state index in [2.05, 4.69) is 47.6 Å². The molecule has 1 atom stereocenters. The maximum Gasteiger partial charge on any atom is 0.191 e. The number of hydrogen-bond acceptors (Lipinski definition) is 5. The number of morpholine rings is 1. The zero-order chi connectivity index (χ0) is 21.7. The second-order valence-electron chi connectivity index (χ2n) is 8.34. The van der Waals surface area contributed by atoms with Gasteiger partial charge in [0, 0.05) is 38.3 Å². The van der Waals surface area contributed by atoms with Crippen molar-refractivity contribution in [2.75, 3.05) is 59.2 Å². The molecular weight excluding hydrogens is 392 g/mol. The van der Waals surface area contributed by atoms with Crippen LogP contribution in [0.1, 0.15) is 43.7 Å². The number of ether oxygens (including phenoxy) is 3. The molecule has 31 heavy (non-hydrogen) atoms. The summed E-state index contributed by atoms with van der Waals surface area (Å²) in [5, 5.41) is 6.82. The summed E-state index contributed by atoms with van der Waals surface area (Å²) in [6.45, 7) is 13.0. The van der Waals surface area contributed by atoms with E-state index >= 15 is 0 Å². The zero-order valence-electron chi connectivity index (χ0n) is 19.3. The van der Waals surface area contributed by atoms with Crippen LogP contribution in [-0.2, 0) is 16.0 Å². The molecule has 2 N–H and O–H groups in total. The molecule has 1 aromatic carbocycles. The van der Waals surface area contributed by atoms with Gasteiger partial charge in [-0.1, -0.05) is 12.1 Å². The molecular formula is C24H40N4O3. The first-order chi connectivity index (χ1) is 15.2. The highest BCUT2D eigenvalue weighted by atomic mass is 16.5. The number of guanidine groups is 1. The molecule has 7 heteroatoms. The lowest BCUT2D eigenvalue weighted by Gasteiger charge is -2.26. The van der Waals surface area contributed by atoms with E-state index in [0.717, 1.165) is 89.1 Å². The Bertz CT molecular complexity index is 671. The van der Waals surface area contributed by atoms with Gasteiger partial charge in [0.15, 0.2) is 5.96 Å². The number of hydrogen-bond donors (Lipinski definition) is 2. The predicted octanol–water partition coefficient (Wildman–Crippen LogP) is 2.72. The van der Waals surface area contributed by atoms with Crippen molar-refractivity contribution in [2.45, 2.75) is 52.2 Å². The lowest BCUT2D eigenvalue weighted by molar-refractivity contribution is 0.0372. The van der Waals surface area contributed by atoms with E-state index in [0.29, 0.717) is 13.2 Å². The predicted molar refractivity (Wildman–Crippen MR) is 125 cm³/mol. The summed E-state index contributed by atoms with van der Waals surface area (Å²) >= 11 is 0. The molecule has 0 spiro atoms. The molecule has 2 aliphatic heterocycles. The number of unbranched alkanes of at least 4 members (excludes halogenated alkanes) is 1. The van der Waals surface area contributed by atoms with Gasteiger partial charge in [-0.25, -0.2) is 4.99 Å². The molecule has 0 aromatic heterocycles. The largest absolute Gasteiger partial charge is 0.491 e. The van der Waals surface area contributed by atoms with Gasteiger partial charge in [0.2, 0.25) is 0 Å². The second kappa shape index (κ2) is 13.6. The molecule has 7 nitrogen and oxygen atoms in total. The van der Waals surface area contributed by atoms with E-state index < -0.39 is 0 Å². The fourth-order valence-electron chi connectivity index (χ4n) is 3.88. The van der Waals surface area contributed by atoms with Crippen LogP contribution in [0.15, 0.2) is 23.2 Å². The molecule has 0 saturated carbocycles. The Morgan fingerprint density at radius 1 is 1.19 bits per heavy atom. The summed E-state index contributed by atoms with van der Waals surface area (Å²) < 4.78 is 17.2. The van der Waals surface area contributed by atoms with Crippen LogP contribution in [-0.4, -0.2) is 76.1 Å². The highest BCUT2D eigenvalue weighted by Crippen LogP contribution is 2.23. The topological polar surface area (TPSA) is 67.4 Å². The summed E-state index contributed by atoms with van der Waals surface area (Å²) in [4.78, 5) is 7.28. The third kappa shape index (κ3) is 8.67. The van der Waals surface area contributed by atoms with Gasteiger partial charge < -0.3 is 24.8 Å². The number of benzene rings is 1. The Morgan fingerprint density at radius 3 is 2.84 bits per heavy atom. The lowest BCUT2D eigenvalue weighted by Crippen LogP contribution is -2.39. The standard InChI is InChI=1S/C24H40N4O3/c1-3-25-24(26-10-4-5-11-28-12-15-29-16-13-28)27-18-21-9-8-20(2)17-23(21)31-19-22-7-6-14-30-22/h8-9,17,22H,3-7,10-16,18-19H2,1-2H3,(H2,25,26,27). The molecule has 0 radical (unpaired) electrons. The van der Waals surface area contributed by atoms with E-state index in [-0.39, 0.29) is 6.10 Å². The van der Waals surface area contributed by atoms with Gasteiger partial charge >= 0.3 is 0 Å². The van der Waals surface area contributed by atoms with Crippen LogP contribution in [0.25, 0.3) is 0 Å². The maximum absolute atomic E-state index is 6.12. The van der Waals surface area contributed by atoms with Crippen molar-refractivity contribution in [1.82, 2.24) is 15.5 Å². The van der Waals surface area contributed by atoms with Gasteiger partial charge in [0.1, 0.15) is 12.4 Å². The van der Waals surface area contributed by atoms with Crippen molar-refractivity contribution >= 4 is 5.96 Å². The third-order valence-electron chi connectivity index (χ3n) is 5.72. The van der Waals surface area contributed by atoms with Crippen molar-refractivity contribution in [2.24, 2.45) is 4.99 Å². The minimum absolute atomic E-state index is 0.216. The molecule has 0 aliphatic carbocycles. The van der Waals surface area contributed by atoms with Crippen molar-refractivity contribution in [3.63, 3.8) is 0 Å². The van der Waals surface area contributed by atoms with Gasteiger partial charge in [0.05, 0.1) is 25.9 Å². The summed E-state index contributed by atoms with van der Waals surface area (Å²) in [6.07, 6.45) is 4.74. The van der Waals surface area contributed by atoms with Gasteiger partial charge in [-0.2, -0.15) is 0 Å². The SMILES string of the molecule is CCNC(=NCc1ccc(C)cc1OCC1CCCO1)NCCCCN1CCOCC1. The quantitative estimate of drug-likeness (QED) is 0.318. The normalized spacial score (nSPS) is 20.1. The Hall–Kier alpha value is -1.83. The molecule has 0 bridgehead atoms. The van der Waals surface area contributed by atoms with E-state index in [1.807, 2.05) is 0 Å². The zero-order valence-corrected chi connectivity index (χ0v) is 19.3. The number of nitrogens with one attached hydrogen (secondary N) is 2. The molecule has 174 valence electrons. The third-order valence-corrected chi connectivity index (χ3v) is 5.72. The maximum atomic E-state index is 6.12. The molecule has 0 amide bonds. The monoisotopic (exact) mass is 432 g/mol. The van der Waals surface area contributed by atoms with Crippen molar-refractivity contribution < 1.29 is 14.2 Å². The molecule has 2 fully saturated rings. The summed E-state index contributed by atoms with van der Waals surface area (Å²) in [6, 6.07) is 6.34. The molecule has 3 rings (SSSR count). The van der Waals surface area contributed by atoms with Crippen molar-refractivity contribution in [3.05, 3.63) is 29.3 Å². The Kier molecular flexibility index (Phi) is 10.4. The number of aryl methyl sites for hydroxylation is 1. The number of aliphatic imine (C=N–C) groups is 1. The summed E-state index contributed by atoms with van der Waals surface area (Å²) in [5.41, 5.74) is 2.30. The van der Waals surface area contributed by atoms with Gasteiger partial charge in [0.25, 0.3) is 0 Å². The van der Waals surface area contributed by atoms with Gasteiger partial charge in [-0.05, 0) is 57.7 Å². The van der Waals surface area contributed by atoms with Crippen LogP contribution in [0.4, 0.5) is 0 Å². The fourth-order valence-corrected chi connectivity index (χ4v) is 3.88. The minimum atomic E-state index is 0.216. The highest BCUT2D eigenvalue weighted by Gasteiger charge is 2.17. The van der Waals surface area contributed by atoms with Crippen LogP contribution in [0.3, 0.4) is 0 Å². The second-order valence-corrected chi connectivity index (χ2v) is 8.34. The van der Waals surface area contributed by atoms with Crippen molar-refractivity contribution in [3.8, 4) is 5.75 Å². The average Bonchev–Trinajstić information content (AvgIpc) is 3.31. The molecule has 2 saturated heterocycles. The van der Waals surface area contributed by atoms with Crippen LogP contribution in [0.5, 0.6) is 5.75 Å². The average molecular weight is 433 g/mol. The summed E-state index contributed by atoms with van der Waals surface area (Å²) in [5.74, 6) is 1.78. The Labute approximate surface area is 187 Å². The smallest absolute Gasteiger partial charge is 0.191 e. The minimum Gasteiger partial charge on any atom is -0.491 e. The molecule has 2 heterocycles. The first-order valence-corrected chi connectivity index (χ1v) is 11.9. The van der Waals surface area contributed by atoms with Crippen molar-refractivity contribution in [1.29, 1.82) is 0 Å². The number of nitrogens with zero attached hydrogens (tertiary/aromatic N) is 2. The molecule has 2 aliphatic rings. The Morgan fingerprint density at radius 2 is 2.06 bits per heavy atom. The summed E-state index contributed by atoms with van der Waals surface area (Å²) in [7, 11) is 0. The molecule has 1 aromatic rings. The van der Waals surface area contributed by atoms with E-state index in [4.69, 9.17) is 19.2 Å².